The van der Waals surface area contributed by atoms with E-state index in [4.69, 9.17) is 10.00 Å². The van der Waals surface area contributed by atoms with E-state index in [1.165, 1.54) is 0 Å². The standard InChI is InChI=1S/C23H21N3O/c1-14-10-16(13-24)4-6-19(14)17-5-8-21-18(11-17)12-22(26-21)20-7-9-23(27-3)25-15(20)2/h4-8,10-12,23,26H,9H2,1-3H3. The molecule has 134 valence electrons. The monoisotopic (exact) mass is 355 g/mol. The molecule has 4 heteroatoms. The smallest absolute Gasteiger partial charge is 0.151 e. The molecule has 2 aromatic carbocycles. The number of benzene rings is 2. The number of H-pyrrole nitrogens is 1. The first kappa shape index (κ1) is 17.3. The van der Waals surface area contributed by atoms with E-state index >= 15 is 0 Å². The lowest BCUT2D eigenvalue weighted by atomic mass is 9.97. The molecule has 1 aliphatic heterocycles. The molecule has 0 saturated carbocycles. The van der Waals surface area contributed by atoms with Crippen LogP contribution in [0.1, 0.15) is 30.2 Å². The van der Waals surface area contributed by atoms with Crippen LogP contribution in [0.3, 0.4) is 0 Å². The van der Waals surface area contributed by atoms with E-state index in [0.717, 1.165) is 51.0 Å². The van der Waals surface area contributed by atoms with Crippen LogP contribution in [0.2, 0.25) is 0 Å². The second-order valence-corrected chi connectivity index (χ2v) is 6.88. The summed E-state index contributed by atoms with van der Waals surface area (Å²) in [5.74, 6) is 0. The van der Waals surface area contributed by atoms with Crippen molar-refractivity contribution >= 4 is 22.2 Å². The predicted octanol–water partition coefficient (Wildman–Crippen LogP) is 5.24. The maximum atomic E-state index is 9.07. The normalized spacial score (nSPS) is 16.7. The molecule has 4 rings (SSSR count). The Morgan fingerprint density at radius 3 is 2.70 bits per heavy atom. The van der Waals surface area contributed by atoms with Crippen LogP contribution in [0.4, 0.5) is 0 Å². The molecule has 0 aliphatic carbocycles. The number of ether oxygens (including phenoxy) is 1. The number of aryl methyl sites for hydroxylation is 1. The van der Waals surface area contributed by atoms with Crippen LogP contribution in [0.15, 0.2) is 53.5 Å². The molecule has 0 fully saturated rings. The lowest BCUT2D eigenvalue weighted by molar-refractivity contribution is 0.112. The topological polar surface area (TPSA) is 61.2 Å². The molecule has 2 heterocycles. The van der Waals surface area contributed by atoms with Crippen LogP contribution in [0.25, 0.3) is 27.6 Å². The van der Waals surface area contributed by atoms with Crippen LogP contribution in [0, 0.1) is 18.3 Å². The van der Waals surface area contributed by atoms with Gasteiger partial charge in [0.15, 0.2) is 6.23 Å². The minimum atomic E-state index is -0.0795. The largest absolute Gasteiger partial charge is 0.359 e. The van der Waals surface area contributed by atoms with Gasteiger partial charge in [0.05, 0.1) is 11.6 Å². The van der Waals surface area contributed by atoms with Gasteiger partial charge in [-0.05, 0) is 60.9 Å². The van der Waals surface area contributed by atoms with Crippen LogP contribution in [-0.4, -0.2) is 24.0 Å². The van der Waals surface area contributed by atoms with Gasteiger partial charge in [-0.2, -0.15) is 5.26 Å². The van der Waals surface area contributed by atoms with E-state index in [1.807, 2.05) is 32.0 Å². The number of methoxy groups -OCH3 is 1. The zero-order valence-electron chi connectivity index (χ0n) is 15.7. The molecule has 1 N–H and O–H groups in total. The summed E-state index contributed by atoms with van der Waals surface area (Å²) in [5, 5.41) is 10.2. The lowest BCUT2D eigenvalue weighted by Gasteiger charge is -2.17. The number of aromatic nitrogens is 1. The number of dihydropyridines is 1. The maximum absolute atomic E-state index is 9.07. The predicted molar refractivity (Wildman–Crippen MR) is 110 cm³/mol. The summed E-state index contributed by atoms with van der Waals surface area (Å²) >= 11 is 0. The highest BCUT2D eigenvalue weighted by molar-refractivity contribution is 6.23. The SMILES string of the molecule is COC1CC=C(c2cc3cc(-c4ccc(C#N)cc4C)ccc3[nH]2)C(C)=N1. The van der Waals surface area contributed by atoms with E-state index in [9.17, 15) is 0 Å². The zero-order chi connectivity index (χ0) is 19.0. The highest BCUT2D eigenvalue weighted by Gasteiger charge is 2.17. The first-order chi connectivity index (χ1) is 13.1. The van der Waals surface area contributed by atoms with E-state index in [-0.39, 0.29) is 6.23 Å². The van der Waals surface area contributed by atoms with Crippen molar-refractivity contribution in [2.45, 2.75) is 26.5 Å². The summed E-state index contributed by atoms with van der Waals surface area (Å²) in [7, 11) is 1.69. The summed E-state index contributed by atoms with van der Waals surface area (Å²) in [6.45, 7) is 4.07. The summed E-state index contributed by atoms with van der Waals surface area (Å²) in [4.78, 5) is 8.11. The zero-order valence-corrected chi connectivity index (χ0v) is 15.7. The minimum Gasteiger partial charge on any atom is -0.359 e. The Balaban J connectivity index is 1.72. The number of rotatable bonds is 3. The molecule has 27 heavy (non-hydrogen) atoms. The van der Waals surface area contributed by atoms with Gasteiger partial charge >= 0.3 is 0 Å². The molecule has 1 unspecified atom stereocenters. The van der Waals surface area contributed by atoms with E-state index in [2.05, 4.69) is 46.4 Å². The van der Waals surface area contributed by atoms with Crippen molar-refractivity contribution in [1.82, 2.24) is 4.98 Å². The first-order valence-electron chi connectivity index (χ1n) is 9.01. The van der Waals surface area contributed by atoms with E-state index in [1.54, 1.807) is 7.11 Å². The number of hydrogen-bond donors (Lipinski definition) is 1. The number of fused-ring (bicyclic) bond motifs is 1. The summed E-state index contributed by atoms with van der Waals surface area (Å²) in [5.41, 5.74) is 8.40. The Labute approximate surface area is 158 Å². The van der Waals surface area contributed by atoms with Gasteiger partial charge in [-0.1, -0.05) is 18.2 Å². The number of nitrogens with zero attached hydrogens (tertiary/aromatic N) is 2. The van der Waals surface area contributed by atoms with Crippen LogP contribution in [-0.2, 0) is 4.74 Å². The highest BCUT2D eigenvalue weighted by atomic mass is 16.5. The van der Waals surface area contributed by atoms with E-state index in [0.29, 0.717) is 5.56 Å². The van der Waals surface area contributed by atoms with Gasteiger partial charge < -0.3 is 9.72 Å². The third-order valence-corrected chi connectivity index (χ3v) is 5.10. The van der Waals surface area contributed by atoms with Gasteiger partial charge in [-0.3, -0.25) is 4.99 Å². The van der Waals surface area contributed by atoms with Crippen molar-refractivity contribution in [3.63, 3.8) is 0 Å². The minimum absolute atomic E-state index is 0.0795. The van der Waals surface area contributed by atoms with Gasteiger partial charge in [0.25, 0.3) is 0 Å². The van der Waals surface area contributed by atoms with Crippen LogP contribution >= 0.6 is 0 Å². The number of allylic oxidation sites excluding steroid dienone is 1. The molecular formula is C23H21N3O. The molecule has 1 atom stereocenters. The molecule has 3 aromatic rings. The van der Waals surface area contributed by atoms with Crippen molar-refractivity contribution < 1.29 is 4.74 Å². The van der Waals surface area contributed by atoms with Gasteiger partial charge in [-0.25, -0.2) is 0 Å². The van der Waals surface area contributed by atoms with Crippen molar-refractivity contribution in [1.29, 1.82) is 5.26 Å². The fraction of sp³-hybridized carbons (Fsp3) is 0.217. The molecule has 1 aromatic heterocycles. The summed E-state index contributed by atoms with van der Waals surface area (Å²) in [6.07, 6.45) is 2.89. The Morgan fingerprint density at radius 2 is 2.00 bits per heavy atom. The number of hydrogen-bond acceptors (Lipinski definition) is 3. The second kappa shape index (κ2) is 6.86. The number of nitriles is 1. The summed E-state index contributed by atoms with van der Waals surface area (Å²) in [6, 6.07) is 16.6. The van der Waals surface area contributed by atoms with Crippen molar-refractivity contribution in [2.24, 2.45) is 4.99 Å². The Hall–Kier alpha value is -3.16. The molecule has 0 saturated heterocycles. The molecule has 0 amide bonds. The molecule has 0 spiro atoms. The molecule has 0 bridgehead atoms. The Morgan fingerprint density at radius 1 is 1.15 bits per heavy atom. The van der Waals surface area contributed by atoms with Gasteiger partial charge in [0, 0.05) is 41.4 Å². The molecular weight excluding hydrogens is 334 g/mol. The van der Waals surface area contributed by atoms with Crippen molar-refractivity contribution in [2.75, 3.05) is 7.11 Å². The fourth-order valence-electron chi connectivity index (χ4n) is 3.66. The average Bonchev–Trinajstić information content (AvgIpc) is 3.10. The first-order valence-corrected chi connectivity index (χ1v) is 9.01. The van der Waals surface area contributed by atoms with Crippen LogP contribution < -0.4 is 0 Å². The molecule has 0 radical (unpaired) electrons. The van der Waals surface area contributed by atoms with Crippen LogP contribution in [0.5, 0.6) is 0 Å². The third-order valence-electron chi connectivity index (χ3n) is 5.10. The van der Waals surface area contributed by atoms with Gasteiger partial charge in [0.2, 0.25) is 0 Å². The third kappa shape index (κ3) is 3.18. The fourth-order valence-corrected chi connectivity index (χ4v) is 3.66. The van der Waals surface area contributed by atoms with Crippen molar-refractivity contribution in [3.8, 4) is 17.2 Å². The van der Waals surface area contributed by atoms with Gasteiger partial charge in [-0.15, -0.1) is 0 Å². The second-order valence-electron chi connectivity index (χ2n) is 6.88. The highest BCUT2D eigenvalue weighted by Crippen LogP contribution is 2.30. The Bertz CT molecular complexity index is 1130. The quantitative estimate of drug-likeness (QED) is 0.699. The Kier molecular flexibility index (Phi) is 4.39. The maximum Gasteiger partial charge on any atom is 0.151 e. The molecule has 1 aliphatic rings. The molecule has 4 nitrogen and oxygen atoms in total. The number of aliphatic imine (C=N–C) groups is 1. The summed E-state index contributed by atoms with van der Waals surface area (Å²) < 4.78 is 5.33. The van der Waals surface area contributed by atoms with E-state index < -0.39 is 0 Å². The van der Waals surface area contributed by atoms with Crippen molar-refractivity contribution in [3.05, 3.63) is 65.4 Å². The van der Waals surface area contributed by atoms with Gasteiger partial charge in [0.1, 0.15) is 0 Å². The lowest BCUT2D eigenvalue weighted by Crippen LogP contribution is -2.14. The number of aromatic amines is 1. The number of nitrogens with one attached hydrogen (secondary N) is 1. The average molecular weight is 355 g/mol.